The van der Waals surface area contributed by atoms with E-state index in [9.17, 15) is 19.5 Å². The molecular formula is C27H34N4O4. The van der Waals surface area contributed by atoms with Crippen molar-refractivity contribution in [2.45, 2.75) is 63.3 Å². The summed E-state index contributed by atoms with van der Waals surface area (Å²) in [6.45, 7) is 2.10. The maximum atomic E-state index is 12.7. The number of hydrogen-bond acceptors (Lipinski definition) is 5. The van der Waals surface area contributed by atoms with Crippen molar-refractivity contribution in [3.05, 3.63) is 59.3 Å². The van der Waals surface area contributed by atoms with Gasteiger partial charge in [-0.05, 0) is 55.7 Å². The van der Waals surface area contributed by atoms with Gasteiger partial charge < -0.3 is 20.6 Å². The predicted octanol–water partition coefficient (Wildman–Crippen LogP) is 3.13. The zero-order valence-electron chi connectivity index (χ0n) is 20.0. The SMILES string of the molecule is O=C(CC[C@H](C(=O)O)c1ccccc1)N[C@@H]1CCN(C(=O)CCCc2ccc3c(n2)NCCC3)C1. The van der Waals surface area contributed by atoms with Gasteiger partial charge in [0.05, 0.1) is 5.92 Å². The van der Waals surface area contributed by atoms with Crippen LogP contribution in [0.5, 0.6) is 0 Å². The highest BCUT2D eigenvalue weighted by molar-refractivity contribution is 5.80. The summed E-state index contributed by atoms with van der Waals surface area (Å²) >= 11 is 0. The first-order valence-corrected chi connectivity index (χ1v) is 12.6. The number of hydrogen-bond donors (Lipinski definition) is 3. The van der Waals surface area contributed by atoms with E-state index in [0.29, 0.717) is 25.1 Å². The Morgan fingerprint density at radius 2 is 1.97 bits per heavy atom. The molecule has 0 radical (unpaired) electrons. The van der Waals surface area contributed by atoms with Gasteiger partial charge in [-0.25, -0.2) is 4.98 Å². The largest absolute Gasteiger partial charge is 0.481 e. The fourth-order valence-electron chi connectivity index (χ4n) is 4.88. The van der Waals surface area contributed by atoms with Crippen LogP contribution in [0.1, 0.15) is 61.3 Å². The lowest BCUT2D eigenvalue weighted by atomic mass is 9.94. The number of benzene rings is 1. The van der Waals surface area contributed by atoms with E-state index in [1.807, 2.05) is 11.0 Å². The van der Waals surface area contributed by atoms with Crippen LogP contribution in [-0.2, 0) is 27.2 Å². The minimum absolute atomic E-state index is 0.0835. The van der Waals surface area contributed by atoms with E-state index in [0.717, 1.165) is 50.2 Å². The number of likely N-dealkylation sites (tertiary alicyclic amines) is 1. The molecular weight excluding hydrogens is 444 g/mol. The fourth-order valence-corrected chi connectivity index (χ4v) is 4.88. The summed E-state index contributed by atoms with van der Waals surface area (Å²) in [5.41, 5.74) is 2.97. The van der Waals surface area contributed by atoms with Crippen LogP contribution in [0.4, 0.5) is 5.82 Å². The van der Waals surface area contributed by atoms with Crippen molar-refractivity contribution < 1.29 is 19.5 Å². The van der Waals surface area contributed by atoms with Crippen molar-refractivity contribution in [1.82, 2.24) is 15.2 Å². The molecule has 2 aliphatic rings. The highest BCUT2D eigenvalue weighted by atomic mass is 16.4. The zero-order valence-corrected chi connectivity index (χ0v) is 20.0. The molecule has 1 saturated heterocycles. The highest BCUT2D eigenvalue weighted by Gasteiger charge is 2.28. The summed E-state index contributed by atoms with van der Waals surface area (Å²) in [5.74, 6) is -0.712. The third kappa shape index (κ3) is 6.81. The molecule has 8 heteroatoms. The molecule has 0 saturated carbocycles. The van der Waals surface area contributed by atoms with Gasteiger partial charge in [-0.15, -0.1) is 0 Å². The van der Waals surface area contributed by atoms with Crippen LogP contribution in [0.15, 0.2) is 42.5 Å². The van der Waals surface area contributed by atoms with Crippen molar-refractivity contribution in [2.75, 3.05) is 25.0 Å². The molecule has 1 aromatic heterocycles. The number of nitrogens with zero attached hydrogens (tertiary/aromatic N) is 2. The van der Waals surface area contributed by atoms with Crippen LogP contribution in [0, 0.1) is 0 Å². The molecule has 186 valence electrons. The molecule has 3 heterocycles. The lowest BCUT2D eigenvalue weighted by Crippen LogP contribution is -2.38. The third-order valence-electron chi connectivity index (χ3n) is 6.84. The minimum atomic E-state index is -0.927. The second kappa shape index (κ2) is 11.8. The first kappa shape index (κ1) is 24.7. The van der Waals surface area contributed by atoms with Crippen molar-refractivity contribution in [1.29, 1.82) is 0 Å². The number of aromatic nitrogens is 1. The molecule has 1 fully saturated rings. The molecule has 2 aromatic rings. The number of aryl methyl sites for hydroxylation is 2. The Balaban J connectivity index is 1.17. The number of carbonyl (C=O) groups is 3. The lowest BCUT2D eigenvalue weighted by Gasteiger charge is -2.18. The number of nitrogens with one attached hydrogen (secondary N) is 2. The lowest BCUT2D eigenvalue weighted by molar-refractivity contribution is -0.139. The van der Waals surface area contributed by atoms with Gasteiger partial charge in [-0.3, -0.25) is 14.4 Å². The number of fused-ring (bicyclic) bond motifs is 1. The van der Waals surface area contributed by atoms with E-state index in [1.54, 1.807) is 24.3 Å². The Kier molecular flexibility index (Phi) is 8.34. The van der Waals surface area contributed by atoms with Gasteiger partial charge in [0.2, 0.25) is 11.8 Å². The topological polar surface area (TPSA) is 112 Å². The van der Waals surface area contributed by atoms with E-state index in [4.69, 9.17) is 4.98 Å². The van der Waals surface area contributed by atoms with E-state index < -0.39 is 11.9 Å². The average molecular weight is 479 g/mol. The Labute approximate surface area is 206 Å². The van der Waals surface area contributed by atoms with Gasteiger partial charge in [0, 0.05) is 44.2 Å². The van der Waals surface area contributed by atoms with Gasteiger partial charge in [-0.1, -0.05) is 36.4 Å². The number of carbonyl (C=O) groups excluding carboxylic acids is 2. The number of anilines is 1. The van der Waals surface area contributed by atoms with Crippen LogP contribution in [-0.4, -0.2) is 58.5 Å². The Morgan fingerprint density at radius 1 is 1.14 bits per heavy atom. The van der Waals surface area contributed by atoms with Crippen LogP contribution in [0.25, 0.3) is 0 Å². The maximum Gasteiger partial charge on any atom is 0.310 e. The van der Waals surface area contributed by atoms with Crippen molar-refractivity contribution >= 4 is 23.6 Å². The normalized spacial score (nSPS) is 17.8. The zero-order chi connectivity index (χ0) is 24.6. The molecule has 2 atom stereocenters. The summed E-state index contributed by atoms with van der Waals surface area (Å²) in [6.07, 6.45) is 5.27. The molecule has 35 heavy (non-hydrogen) atoms. The molecule has 2 aliphatic heterocycles. The maximum absolute atomic E-state index is 12.7. The van der Waals surface area contributed by atoms with E-state index in [1.165, 1.54) is 5.56 Å². The first-order valence-electron chi connectivity index (χ1n) is 12.6. The van der Waals surface area contributed by atoms with Crippen molar-refractivity contribution in [2.24, 2.45) is 0 Å². The highest BCUT2D eigenvalue weighted by Crippen LogP contribution is 2.22. The van der Waals surface area contributed by atoms with E-state index in [2.05, 4.69) is 22.8 Å². The number of pyridine rings is 1. The number of rotatable bonds is 10. The summed E-state index contributed by atoms with van der Waals surface area (Å²) in [6, 6.07) is 13.1. The molecule has 1 aromatic carbocycles. The molecule has 0 unspecified atom stereocenters. The van der Waals surface area contributed by atoms with Gasteiger partial charge in [-0.2, -0.15) is 0 Å². The summed E-state index contributed by atoms with van der Waals surface area (Å²) in [7, 11) is 0. The van der Waals surface area contributed by atoms with Gasteiger partial charge >= 0.3 is 5.97 Å². The van der Waals surface area contributed by atoms with Gasteiger partial charge in [0.1, 0.15) is 5.82 Å². The molecule has 0 bridgehead atoms. The summed E-state index contributed by atoms with van der Waals surface area (Å²) < 4.78 is 0. The molecule has 2 amide bonds. The smallest absolute Gasteiger partial charge is 0.310 e. The predicted molar refractivity (Wildman–Crippen MR) is 133 cm³/mol. The quantitative estimate of drug-likeness (QED) is 0.484. The monoisotopic (exact) mass is 478 g/mol. The second-order valence-corrected chi connectivity index (χ2v) is 9.43. The summed E-state index contributed by atoms with van der Waals surface area (Å²) in [4.78, 5) is 43.2. The molecule has 4 rings (SSSR count). The number of aliphatic carboxylic acids is 1. The van der Waals surface area contributed by atoms with Crippen molar-refractivity contribution in [3.8, 4) is 0 Å². The van der Waals surface area contributed by atoms with E-state index >= 15 is 0 Å². The average Bonchev–Trinajstić information content (AvgIpc) is 3.33. The van der Waals surface area contributed by atoms with Crippen molar-refractivity contribution in [3.63, 3.8) is 0 Å². The Bertz CT molecular complexity index is 1040. The third-order valence-corrected chi connectivity index (χ3v) is 6.84. The van der Waals surface area contributed by atoms with Gasteiger partial charge in [0.15, 0.2) is 0 Å². The van der Waals surface area contributed by atoms with Crippen LogP contribution in [0.3, 0.4) is 0 Å². The Morgan fingerprint density at radius 3 is 2.77 bits per heavy atom. The minimum Gasteiger partial charge on any atom is -0.481 e. The number of amides is 2. The van der Waals surface area contributed by atoms with Crippen LogP contribution in [0.2, 0.25) is 0 Å². The van der Waals surface area contributed by atoms with E-state index in [-0.39, 0.29) is 30.7 Å². The second-order valence-electron chi connectivity index (χ2n) is 9.43. The number of carboxylic acids is 1. The molecule has 8 nitrogen and oxygen atoms in total. The molecule has 3 N–H and O–H groups in total. The fraction of sp³-hybridized carbons (Fsp3) is 0.481. The molecule has 0 aliphatic carbocycles. The Hall–Kier alpha value is -3.42. The van der Waals surface area contributed by atoms with Crippen LogP contribution >= 0.6 is 0 Å². The van der Waals surface area contributed by atoms with Gasteiger partial charge in [0.25, 0.3) is 0 Å². The first-order chi connectivity index (χ1) is 17.0. The standard InChI is InChI=1S/C27H34N4O4/c32-24(14-13-23(27(34)35)19-6-2-1-3-7-19)29-22-15-17-31(18-22)25(33)10-4-9-21-12-11-20-8-5-16-28-26(20)30-21/h1-3,6-7,11-12,22-23H,4-5,8-10,13-18H2,(H,28,30)(H,29,32)(H,34,35)/t22-,23+/m1/s1. The van der Waals surface area contributed by atoms with Crippen LogP contribution < -0.4 is 10.6 Å². The molecule has 0 spiro atoms. The summed E-state index contributed by atoms with van der Waals surface area (Å²) in [5, 5.41) is 15.9. The number of carboxylic acid groups (broad SMARTS) is 1.